The Hall–Kier alpha value is -1.75. The van der Waals surface area contributed by atoms with E-state index in [2.05, 4.69) is 15.9 Å². The number of benzene rings is 2. The smallest absolute Gasteiger partial charge is 0.145 e. The van der Waals surface area contributed by atoms with E-state index >= 15 is 0 Å². The minimum Gasteiger partial charge on any atom is -0.493 e. The van der Waals surface area contributed by atoms with Crippen molar-refractivity contribution in [3.8, 4) is 11.5 Å². The number of rotatable bonds is 6. The summed E-state index contributed by atoms with van der Waals surface area (Å²) in [5.41, 5.74) is 6.15. The second kappa shape index (κ2) is 7.14. The molecule has 2 N–H and O–H groups in total. The molecule has 2 aromatic carbocycles. The summed E-state index contributed by atoms with van der Waals surface area (Å²) < 4.78 is 24.6. The topological polar surface area (TPSA) is 44.5 Å². The molecule has 0 spiro atoms. The zero-order valence-corrected chi connectivity index (χ0v) is 12.4. The lowest BCUT2D eigenvalue weighted by Gasteiger charge is -2.10. The van der Waals surface area contributed by atoms with Gasteiger partial charge in [-0.25, -0.2) is 4.39 Å². The van der Waals surface area contributed by atoms with Crippen LogP contribution in [0.15, 0.2) is 46.9 Å². The molecule has 0 atom stereocenters. The maximum absolute atomic E-state index is 13.3. The molecule has 0 unspecified atom stereocenters. The maximum atomic E-state index is 13.3. The summed E-state index contributed by atoms with van der Waals surface area (Å²) in [6.45, 7) is 0.945. The summed E-state index contributed by atoms with van der Waals surface area (Å²) >= 11 is 3.07. The summed E-state index contributed by atoms with van der Waals surface area (Å²) in [5.74, 6) is 0.779. The number of halogens is 2. The van der Waals surface area contributed by atoms with Crippen LogP contribution in [0.3, 0.4) is 0 Å². The monoisotopic (exact) mass is 339 g/mol. The Kier molecular flexibility index (Phi) is 5.24. The molecular formula is C15H15BrFNO2. The SMILES string of the molecule is Nc1cc(Br)c(F)cc1OCCCOc1ccccc1. The summed E-state index contributed by atoms with van der Waals surface area (Å²) in [4.78, 5) is 0. The van der Waals surface area contributed by atoms with Crippen LogP contribution in [-0.4, -0.2) is 13.2 Å². The third-order valence-electron chi connectivity index (χ3n) is 2.61. The van der Waals surface area contributed by atoms with E-state index in [0.29, 0.717) is 35.5 Å². The minimum atomic E-state index is -0.394. The Labute approximate surface area is 125 Å². The Bertz CT molecular complexity index is 563. The number of ether oxygens (including phenoxy) is 2. The predicted octanol–water partition coefficient (Wildman–Crippen LogP) is 4.02. The highest BCUT2D eigenvalue weighted by Gasteiger charge is 2.06. The number of anilines is 1. The molecular weight excluding hydrogens is 325 g/mol. The quantitative estimate of drug-likeness (QED) is 0.638. The van der Waals surface area contributed by atoms with Gasteiger partial charge in [-0.3, -0.25) is 0 Å². The van der Waals surface area contributed by atoms with Crippen LogP contribution in [-0.2, 0) is 0 Å². The van der Waals surface area contributed by atoms with Crippen LogP contribution < -0.4 is 15.2 Å². The van der Waals surface area contributed by atoms with Crippen molar-refractivity contribution in [2.75, 3.05) is 18.9 Å². The highest BCUT2D eigenvalue weighted by molar-refractivity contribution is 9.10. The van der Waals surface area contributed by atoms with Crippen molar-refractivity contribution in [3.05, 3.63) is 52.8 Å². The molecule has 0 aliphatic carbocycles. The average molecular weight is 340 g/mol. The maximum Gasteiger partial charge on any atom is 0.145 e. The van der Waals surface area contributed by atoms with Gasteiger partial charge in [-0.1, -0.05) is 18.2 Å². The van der Waals surface area contributed by atoms with Gasteiger partial charge in [0.25, 0.3) is 0 Å². The first-order chi connectivity index (χ1) is 9.66. The van der Waals surface area contributed by atoms with Gasteiger partial charge in [-0.2, -0.15) is 0 Å². The molecule has 0 fully saturated rings. The number of para-hydroxylation sites is 1. The Morgan fingerprint density at radius 2 is 1.75 bits per heavy atom. The number of hydrogen-bond acceptors (Lipinski definition) is 3. The van der Waals surface area contributed by atoms with E-state index in [1.54, 1.807) is 0 Å². The largest absolute Gasteiger partial charge is 0.493 e. The van der Waals surface area contributed by atoms with Gasteiger partial charge >= 0.3 is 0 Å². The number of nitrogen functional groups attached to an aromatic ring is 1. The first kappa shape index (κ1) is 14.7. The van der Waals surface area contributed by atoms with Crippen LogP contribution in [0.2, 0.25) is 0 Å². The van der Waals surface area contributed by atoms with Crippen LogP contribution in [0.5, 0.6) is 11.5 Å². The molecule has 0 saturated heterocycles. The van der Waals surface area contributed by atoms with Gasteiger partial charge in [-0.05, 0) is 34.1 Å². The van der Waals surface area contributed by atoms with Crippen molar-refractivity contribution in [1.82, 2.24) is 0 Å². The molecule has 0 aliphatic rings. The predicted molar refractivity (Wildman–Crippen MR) is 80.6 cm³/mol. The molecule has 0 heterocycles. The fourth-order valence-electron chi connectivity index (χ4n) is 1.62. The molecule has 0 aliphatic heterocycles. The van der Waals surface area contributed by atoms with E-state index < -0.39 is 5.82 Å². The zero-order chi connectivity index (χ0) is 14.4. The van der Waals surface area contributed by atoms with Gasteiger partial charge in [0.05, 0.1) is 23.4 Å². The van der Waals surface area contributed by atoms with E-state index in [0.717, 1.165) is 5.75 Å². The molecule has 2 aromatic rings. The molecule has 0 saturated carbocycles. The summed E-state index contributed by atoms with van der Waals surface area (Å²) in [6.07, 6.45) is 0.687. The molecule has 0 aromatic heterocycles. The fourth-order valence-corrected chi connectivity index (χ4v) is 1.98. The second-order valence-corrected chi connectivity index (χ2v) is 5.02. The van der Waals surface area contributed by atoms with Crippen LogP contribution in [0.4, 0.5) is 10.1 Å². The Morgan fingerprint density at radius 3 is 2.50 bits per heavy atom. The lowest BCUT2D eigenvalue weighted by molar-refractivity contribution is 0.247. The Balaban J connectivity index is 1.75. The van der Waals surface area contributed by atoms with Gasteiger partial charge in [0, 0.05) is 12.5 Å². The third kappa shape index (κ3) is 4.13. The molecule has 106 valence electrons. The highest BCUT2D eigenvalue weighted by atomic mass is 79.9. The van der Waals surface area contributed by atoms with E-state index in [1.807, 2.05) is 30.3 Å². The van der Waals surface area contributed by atoms with Crippen molar-refractivity contribution < 1.29 is 13.9 Å². The molecule has 2 rings (SSSR count). The zero-order valence-electron chi connectivity index (χ0n) is 10.8. The third-order valence-corrected chi connectivity index (χ3v) is 3.22. The van der Waals surface area contributed by atoms with Crippen molar-refractivity contribution in [2.45, 2.75) is 6.42 Å². The van der Waals surface area contributed by atoms with Gasteiger partial charge in [0.15, 0.2) is 0 Å². The van der Waals surface area contributed by atoms with Crippen molar-refractivity contribution >= 4 is 21.6 Å². The van der Waals surface area contributed by atoms with E-state index in [1.165, 1.54) is 12.1 Å². The van der Waals surface area contributed by atoms with E-state index in [-0.39, 0.29) is 0 Å². The number of hydrogen-bond donors (Lipinski definition) is 1. The van der Waals surface area contributed by atoms with E-state index in [9.17, 15) is 4.39 Å². The second-order valence-electron chi connectivity index (χ2n) is 4.17. The normalized spacial score (nSPS) is 10.3. The molecule has 3 nitrogen and oxygen atoms in total. The molecule has 0 amide bonds. The van der Waals surface area contributed by atoms with Gasteiger partial charge in [0.1, 0.15) is 17.3 Å². The average Bonchev–Trinajstić information content (AvgIpc) is 2.45. The minimum absolute atomic E-state index is 0.328. The van der Waals surface area contributed by atoms with Crippen molar-refractivity contribution in [2.24, 2.45) is 0 Å². The molecule has 0 bridgehead atoms. The lowest BCUT2D eigenvalue weighted by atomic mass is 10.3. The highest BCUT2D eigenvalue weighted by Crippen LogP contribution is 2.28. The van der Waals surface area contributed by atoms with Crippen LogP contribution in [0, 0.1) is 5.82 Å². The van der Waals surface area contributed by atoms with Crippen LogP contribution in [0.25, 0.3) is 0 Å². The first-order valence-electron chi connectivity index (χ1n) is 6.22. The lowest BCUT2D eigenvalue weighted by Crippen LogP contribution is -2.06. The standard InChI is InChI=1S/C15H15BrFNO2/c16-12-9-14(18)15(10-13(12)17)20-8-4-7-19-11-5-2-1-3-6-11/h1-3,5-6,9-10H,4,7-8,18H2. The van der Waals surface area contributed by atoms with Gasteiger partial charge in [-0.15, -0.1) is 0 Å². The van der Waals surface area contributed by atoms with Gasteiger partial charge < -0.3 is 15.2 Å². The molecule has 20 heavy (non-hydrogen) atoms. The Morgan fingerprint density at radius 1 is 1.05 bits per heavy atom. The van der Waals surface area contributed by atoms with Crippen LogP contribution in [0.1, 0.15) is 6.42 Å². The number of nitrogens with two attached hydrogens (primary N) is 1. The van der Waals surface area contributed by atoms with Crippen molar-refractivity contribution in [3.63, 3.8) is 0 Å². The van der Waals surface area contributed by atoms with E-state index in [4.69, 9.17) is 15.2 Å². The molecule has 5 heteroatoms. The summed E-state index contributed by atoms with van der Waals surface area (Å²) in [6, 6.07) is 12.3. The van der Waals surface area contributed by atoms with Crippen molar-refractivity contribution in [1.29, 1.82) is 0 Å². The molecule has 0 radical (unpaired) electrons. The fraction of sp³-hybridized carbons (Fsp3) is 0.200. The summed E-state index contributed by atoms with van der Waals surface area (Å²) in [7, 11) is 0. The van der Waals surface area contributed by atoms with Crippen LogP contribution >= 0.6 is 15.9 Å². The first-order valence-corrected chi connectivity index (χ1v) is 7.01. The summed E-state index contributed by atoms with van der Waals surface area (Å²) in [5, 5.41) is 0. The van der Waals surface area contributed by atoms with Gasteiger partial charge in [0.2, 0.25) is 0 Å².